The first kappa shape index (κ1) is 70.6. The maximum absolute atomic E-state index is 13.9. The Morgan fingerprint density at radius 2 is 1.53 bits per heavy atom. The molecule has 3 aliphatic heterocycles. The molecular weight excluding hydrogens is 1170 g/mol. The number of aliphatic hydroxyl groups is 3. The monoisotopic (exact) mass is 1260 g/mol. The van der Waals surface area contributed by atoms with Gasteiger partial charge in [0.15, 0.2) is 6.10 Å². The highest BCUT2D eigenvalue weighted by Crippen LogP contribution is 2.45. The number of benzene rings is 3. The summed E-state index contributed by atoms with van der Waals surface area (Å²) in [6.45, 7) is 15.1. The Bertz CT molecular complexity index is 3040. The van der Waals surface area contributed by atoms with Crippen LogP contribution < -0.4 is 27.0 Å². The molecule has 0 bridgehead atoms. The maximum Gasteiger partial charge on any atom is 0.410 e. The number of nitrogens with two attached hydrogens (primary N) is 1. The largest absolute Gasteiger partial charge is 0.457 e. The summed E-state index contributed by atoms with van der Waals surface area (Å²) >= 11 is 0. The zero-order valence-electron chi connectivity index (χ0n) is 53.8. The molecule has 0 aromatic heterocycles. The van der Waals surface area contributed by atoms with E-state index in [9.17, 15) is 48.9 Å². The molecule has 496 valence electrons. The fraction of sp³-hybridized carbons (Fsp3) is 0.544. The summed E-state index contributed by atoms with van der Waals surface area (Å²) in [6.07, 6.45) is 4.32. The Morgan fingerprint density at radius 1 is 0.890 bits per heavy atom. The number of rotatable bonds is 24. The average Bonchev–Trinajstić information content (AvgIpc) is 1.87. The Morgan fingerprint density at radius 3 is 2.14 bits per heavy atom. The van der Waals surface area contributed by atoms with Crippen LogP contribution in [0.15, 0.2) is 109 Å². The van der Waals surface area contributed by atoms with Crippen molar-refractivity contribution in [2.45, 2.75) is 173 Å². The van der Waals surface area contributed by atoms with Crippen molar-refractivity contribution in [3.05, 3.63) is 125 Å². The molecule has 0 radical (unpaired) electrons. The number of alkyl carbamates (subject to hydrolysis) is 1. The van der Waals surface area contributed by atoms with E-state index in [4.69, 9.17) is 34.2 Å². The van der Waals surface area contributed by atoms with E-state index >= 15 is 0 Å². The first-order valence-electron chi connectivity index (χ1n) is 31.5. The van der Waals surface area contributed by atoms with Crippen molar-refractivity contribution in [2.75, 3.05) is 51.8 Å². The Kier molecular flexibility index (Phi) is 25.2. The highest BCUT2D eigenvalue weighted by atomic mass is 16.6. The molecule has 2 saturated heterocycles. The summed E-state index contributed by atoms with van der Waals surface area (Å²) in [5, 5.41) is 43.2. The van der Waals surface area contributed by atoms with Gasteiger partial charge in [-0.15, -0.1) is 0 Å². The number of aliphatic hydroxyl groups excluding tert-OH is 2. The number of nitrogens with one attached hydrogen (secondary N) is 4. The molecule has 7 amide bonds. The molecule has 3 heterocycles. The lowest BCUT2D eigenvalue weighted by Gasteiger charge is -2.38. The average molecular weight is 1260 g/mol. The summed E-state index contributed by atoms with van der Waals surface area (Å²) in [7, 11) is 1.49. The lowest BCUT2D eigenvalue weighted by Crippen LogP contribution is -2.54. The van der Waals surface area contributed by atoms with E-state index in [0.717, 1.165) is 22.3 Å². The Hall–Kier alpha value is -7.83. The van der Waals surface area contributed by atoms with Gasteiger partial charge in [0, 0.05) is 69.7 Å². The molecule has 0 spiro atoms. The van der Waals surface area contributed by atoms with Gasteiger partial charge in [0.05, 0.1) is 36.4 Å². The van der Waals surface area contributed by atoms with E-state index in [1.807, 2.05) is 69.3 Å². The van der Waals surface area contributed by atoms with Crippen LogP contribution in [0.1, 0.15) is 123 Å². The van der Waals surface area contributed by atoms with Crippen LogP contribution in [0.3, 0.4) is 0 Å². The summed E-state index contributed by atoms with van der Waals surface area (Å²) in [4.78, 5) is 95.9. The summed E-state index contributed by atoms with van der Waals surface area (Å²) in [6, 6.07) is 19.5. The number of esters is 1. The number of epoxide rings is 1. The predicted octanol–water partition coefficient (Wildman–Crippen LogP) is 7.75. The number of urea groups is 1. The molecule has 3 aromatic rings. The highest BCUT2D eigenvalue weighted by Gasteiger charge is 2.47. The second-order valence-corrected chi connectivity index (χ2v) is 25.1. The molecule has 7 rings (SSSR count). The van der Waals surface area contributed by atoms with Gasteiger partial charge in [0.2, 0.25) is 11.8 Å². The van der Waals surface area contributed by atoms with Crippen LogP contribution in [0.4, 0.5) is 24.9 Å². The number of methoxy groups -OCH3 is 1. The molecule has 23 nitrogen and oxygen atoms in total. The fourth-order valence-electron chi connectivity index (χ4n) is 11.8. The van der Waals surface area contributed by atoms with Crippen LogP contribution in [0.25, 0.3) is 11.1 Å². The minimum Gasteiger partial charge on any atom is -0.457 e. The van der Waals surface area contributed by atoms with E-state index in [-0.39, 0.29) is 102 Å². The third-order valence-corrected chi connectivity index (χ3v) is 17.6. The van der Waals surface area contributed by atoms with Crippen LogP contribution in [0.5, 0.6) is 0 Å². The second-order valence-electron chi connectivity index (χ2n) is 25.1. The number of ether oxygens (including phenoxy) is 6. The number of piperazine rings is 1. The van der Waals surface area contributed by atoms with Crippen LogP contribution in [-0.4, -0.2) is 174 Å². The number of nitrogens with zero attached hydrogens (tertiary/aromatic N) is 2. The summed E-state index contributed by atoms with van der Waals surface area (Å²) in [5.74, 6) is -2.88. The lowest BCUT2D eigenvalue weighted by atomic mass is 9.88. The number of primary amides is 1. The van der Waals surface area contributed by atoms with Crippen molar-refractivity contribution in [3.8, 4) is 11.1 Å². The molecule has 12 atom stereocenters. The SMILES string of the molecule is CC[C@H](O)[C@@H](C)[C@@H]1O[C@H]1C[C@@](C)(O)/C=C/C=C(\C)[C@H]1OC(=O)C[C@H](O)CC[C@@](C)(OC)[C@@H](OC(=O)N2CCN(C(=O)OCc3ccc(NC(=O)[C@H](CCCNC(N)=O)NC(=O)[C@@H](NC(=O)OCC4c5ccccc5-c5ccccc54)C(C)C)cc3)CC2)/C=C\[C@@H]1C. The Labute approximate surface area is 533 Å². The molecule has 91 heavy (non-hydrogen) atoms. The Balaban J connectivity index is 0.897. The topological polar surface area (TPSA) is 319 Å². The smallest absolute Gasteiger partial charge is 0.410 e. The van der Waals surface area contributed by atoms with E-state index in [1.165, 1.54) is 16.9 Å². The van der Waals surface area contributed by atoms with Crippen LogP contribution in [-0.2, 0) is 49.4 Å². The van der Waals surface area contributed by atoms with Gasteiger partial charge < -0.3 is 80.5 Å². The van der Waals surface area contributed by atoms with Gasteiger partial charge in [-0.2, -0.15) is 0 Å². The first-order valence-corrected chi connectivity index (χ1v) is 31.5. The fourth-order valence-corrected chi connectivity index (χ4v) is 11.8. The van der Waals surface area contributed by atoms with Gasteiger partial charge in [0.25, 0.3) is 0 Å². The third kappa shape index (κ3) is 19.8. The molecule has 1 aliphatic carbocycles. The van der Waals surface area contributed by atoms with Crippen LogP contribution >= 0.6 is 0 Å². The quantitative estimate of drug-likeness (QED) is 0.0106. The zero-order valence-corrected chi connectivity index (χ0v) is 53.8. The minimum atomic E-state index is -1.22. The van der Waals surface area contributed by atoms with Gasteiger partial charge >= 0.3 is 30.3 Å². The molecule has 0 saturated carbocycles. The number of cyclic esters (lactones) is 1. The number of anilines is 1. The predicted molar refractivity (Wildman–Crippen MR) is 340 cm³/mol. The van der Waals surface area contributed by atoms with E-state index in [1.54, 1.807) is 89.3 Å². The van der Waals surface area contributed by atoms with Gasteiger partial charge in [-0.05, 0) is 110 Å². The van der Waals surface area contributed by atoms with Crippen LogP contribution in [0, 0.1) is 17.8 Å². The molecular formula is C68H93N7O16. The zero-order chi connectivity index (χ0) is 66.2. The second kappa shape index (κ2) is 32.4. The van der Waals surface area contributed by atoms with Crippen molar-refractivity contribution in [1.29, 1.82) is 0 Å². The molecule has 23 heteroatoms. The first-order chi connectivity index (χ1) is 43.3. The van der Waals surface area contributed by atoms with Crippen LogP contribution in [0.2, 0.25) is 0 Å². The van der Waals surface area contributed by atoms with Gasteiger partial charge in [0.1, 0.15) is 37.0 Å². The molecule has 2 fully saturated rings. The van der Waals surface area contributed by atoms with Gasteiger partial charge in [-0.25, -0.2) is 19.2 Å². The molecule has 4 aliphatic rings. The van der Waals surface area contributed by atoms with Crippen molar-refractivity contribution in [3.63, 3.8) is 0 Å². The maximum atomic E-state index is 13.9. The number of carbonyl (C=O) groups is 7. The molecule has 0 unspecified atom stereocenters. The minimum absolute atomic E-state index is 0.0416. The van der Waals surface area contributed by atoms with Crippen molar-refractivity contribution in [1.82, 2.24) is 25.8 Å². The van der Waals surface area contributed by atoms with Crippen molar-refractivity contribution < 1.29 is 77.3 Å². The standard InChI is InChI=1S/C68H93N7O16/c1-10-54(77)44(6)60-55(89-60)38-67(7,85)30-15-17-42(4)59-43(5)23-28-56(68(8,86-9)31-29-47(76)37-57(78)91-59)90-66(84)75-35-33-74(34-36-75)65(83)88-39-45-24-26-46(27-25-45)71-61(79)53(22-16-32-70-63(69)81)72-62(80)58(41(2)3)73-64(82)87-40-52-50-20-13-11-18-48(50)49-19-12-14-21-51(49)52/h11-15,17-21,23-28,30,41,43-44,47,52-56,58-60,76-77,85H,10,16,22,29,31-40H2,1-9H3,(H,71,79)(H,72,80)(H,73,82)(H3,69,70,81)/b28-23-,30-15+,42-17+/t43-,44+,47+,53-,54-,55-,56-,58-,59+,60-,67-,68+/m0/s1. The van der Waals surface area contributed by atoms with E-state index < -0.39 is 102 Å². The molecule has 3 aromatic carbocycles. The summed E-state index contributed by atoms with van der Waals surface area (Å²) in [5.41, 5.74) is 8.77. The normalized spacial score (nSPS) is 24.3. The van der Waals surface area contributed by atoms with Crippen molar-refractivity contribution >= 4 is 47.8 Å². The lowest BCUT2D eigenvalue weighted by molar-refractivity contribution is -0.151. The summed E-state index contributed by atoms with van der Waals surface area (Å²) < 4.78 is 35.3. The van der Waals surface area contributed by atoms with Gasteiger partial charge in [-0.3, -0.25) is 14.4 Å². The van der Waals surface area contributed by atoms with E-state index in [2.05, 4.69) is 21.3 Å². The highest BCUT2D eigenvalue weighted by molar-refractivity contribution is 5.98. The number of hydrogen-bond acceptors (Lipinski definition) is 16. The number of hydrogen-bond donors (Lipinski definition) is 8. The van der Waals surface area contributed by atoms with Gasteiger partial charge in [-0.1, -0.05) is 120 Å². The molecule has 9 N–H and O–H groups in total. The van der Waals surface area contributed by atoms with E-state index in [0.29, 0.717) is 29.7 Å². The number of amides is 7. The number of carbonyl (C=O) groups excluding carboxylic acids is 7. The third-order valence-electron chi connectivity index (χ3n) is 17.6. The van der Waals surface area contributed by atoms with Crippen molar-refractivity contribution in [2.24, 2.45) is 23.5 Å². The number of allylic oxidation sites excluding steroid dienone is 2. The number of fused-ring (bicyclic) bond motifs is 3.